The molecule has 2 aromatic rings. The molecular formula is C19H23BrN2O4. The van der Waals surface area contributed by atoms with E-state index in [0.717, 1.165) is 10.0 Å². The largest absolute Gasteiger partial charge is 0.460 e. The molecule has 1 atom stereocenters. The van der Waals surface area contributed by atoms with Crippen LogP contribution < -0.4 is 5.32 Å². The zero-order valence-corrected chi connectivity index (χ0v) is 16.9. The first kappa shape index (κ1) is 20.2. The minimum Gasteiger partial charge on any atom is -0.460 e. The average molecular weight is 423 g/mol. The van der Waals surface area contributed by atoms with Crippen LogP contribution in [-0.4, -0.2) is 37.2 Å². The monoisotopic (exact) mass is 422 g/mol. The summed E-state index contributed by atoms with van der Waals surface area (Å²) in [6.07, 6.45) is 0. The van der Waals surface area contributed by atoms with Gasteiger partial charge < -0.3 is 19.8 Å². The Labute approximate surface area is 161 Å². The summed E-state index contributed by atoms with van der Waals surface area (Å²) in [5.74, 6) is -0.731. The number of rotatable bonds is 7. The van der Waals surface area contributed by atoms with Gasteiger partial charge in [0.05, 0.1) is 18.2 Å². The number of hydrogen-bond acceptors (Lipinski definition) is 4. The Kier molecular flexibility index (Phi) is 6.99. The van der Waals surface area contributed by atoms with E-state index in [9.17, 15) is 9.59 Å². The van der Waals surface area contributed by atoms with E-state index in [1.54, 1.807) is 13.8 Å². The number of methoxy groups -OCH3 is 1. The number of hydrogen-bond donors (Lipinski definition) is 2. The number of aryl methyl sites for hydroxylation is 1. The molecule has 1 heterocycles. The number of halogens is 1. The predicted octanol–water partition coefficient (Wildman–Crippen LogP) is 3.69. The van der Waals surface area contributed by atoms with Gasteiger partial charge in [0, 0.05) is 17.3 Å². The Morgan fingerprint density at radius 2 is 1.85 bits per heavy atom. The highest BCUT2D eigenvalue weighted by Crippen LogP contribution is 2.21. The lowest BCUT2D eigenvalue weighted by atomic mass is 10.1. The van der Waals surface area contributed by atoms with Gasteiger partial charge in [-0.05, 0) is 44.0 Å². The molecule has 1 amide bonds. The third-order valence-electron chi connectivity index (χ3n) is 4.11. The van der Waals surface area contributed by atoms with Crippen molar-refractivity contribution >= 4 is 27.8 Å². The van der Waals surface area contributed by atoms with Gasteiger partial charge >= 0.3 is 5.97 Å². The van der Waals surface area contributed by atoms with Crippen LogP contribution >= 0.6 is 15.9 Å². The van der Waals surface area contributed by atoms with Crippen LogP contribution in [0.4, 0.5) is 0 Å². The molecule has 0 aliphatic carbocycles. The van der Waals surface area contributed by atoms with Crippen LogP contribution in [0.3, 0.4) is 0 Å². The van der Waals surface area contributed by atoms with Gasteiger partial charge in [-0.3, -0.25) is 4.79 Å². The molecule has 2 N–H and O–H groups in total. The lowest BCUT2D eigenvalue weighted by Gasteiger charge is -2.14. The van der Waals surface area contributed by atoms with Crippen LogP contribution in [0.2, 0.25) is 0 Å². The fraction of sp³-hybridized carbons (Fsp3) is 0.368. The number of carbonyl (C=O) groups is 2. The number of aromatic amines is 1. The van der Waals surface area contributed by atoms with E-state index in [4.69, 9.17) is 9.47 Å². The van der Waals surface area contributed by atoms with Gasteiger partial charge in [0.2, 0.25) is 0 Å². The zero-order valence-electron chi connectivity index (χ0n) is 15.3. The van der Waals surface area contributed by atoms with Crippen molar-refractivity contribution in [3.8, 4) is 0 Å². The standard InChI is InChI=1S/C19H23BrN2O4/c1-11-16(19(24)26-10-9-25-4)13(3)21-17(11)18(23)22-12(2)14-5-7-15(20)8-6-14/h5-8,12,21H,9-10H2,1-4H3,(H,22,23). The van der Waals surface area contributed by atoms with Gasteiger partial charge in [-0.15, -0.1) is 0 Å². The summed E-state index contributed by atoms with van der Waals surface area (Å²) >= 11 is 3.39. The molecule has 1 aromatic heterocycles. The van der Waals surface area contributed by atoms with Crippen LogP contribution in [-0.2, 0) is 9.47 Å². The minimum atomic E-state index is -0.465. The van der Waals surface area contributed by atoms with E-state index in [2.05, 4.69) is 26.2 Å². The Morgan fingerprint density at radius 3 is 2.46 bits per heavy atom. The van der Waals surface area contributed by atoms with Crippen LogP contribution in [0.25, 0.3) is 0 Å². The number of H-pyrrole nitrogens is 1. The SMILES string of the molecule is COCCOC(=O)c1c(C)[nH]c(C(=O)NC(C)c2ccc(Br)cc2)c1C. The number of amides is 1. The van der Waals surface area contributed by atoms with Crippen molar-refractivity contribution in [2.24, 2.45) is 0 Å². The summed E-state index contributed by atoms with van der Waals surface area (Å²) in [4.78, 5) is 27.9. The number of esters is 1. The first-order valence-corrected chi connectivity index (χ1v) is 9.06. The van der Waals surface area contributed by atoms with Crippen molar-refractivity contribution in [3.63, 3.8) is 0 Å². The Balaban J connectivity index is 2.13. The maximum atomic E-state index is 12.6. The zero-order chi connectivity index (χ0) is 19.3. The van der Waals surface area contributed by atoms with Gasteiger partial charge in [0.25, 0.3) is 5.91 Å². The van der Waals surface area contributed by atoms with Crippen molar-refractivity contribution in [2.75, 3.05) is 20.3 Å². The molecule has 0 aliphatic heterocycles. The van der Waals surface area contributed by atoms with Gasteiger partial charge in [0.15, 0.2) is 0 Å². The van der Waals surface area contributed by atoms with E-state index in [1.165, 1.54) is 7.11 Å². The lowest BCUT2D eigenvalue weighted by molar-refractivity contribution is 0.0387. The Morgan fingerprint density at radius 1 is 1.19 bits per heavy atom. The topological polar surface area (TPSA) is 80.4 Å². The first-order valence-electron chi connectivity index (χ1n) is 8.26. The lowest BCUT2D eigenvalue weighted by Crippen LogP contribution is -2.27. The number of benzene rings is 1. The molecule has 0 bridgehead atoms. The summed E-state index contributed by atoms with van der Waals surface area (Å²) in [5, 5.41) is 2.95. The highest BCUT2D eigenvalue weighted by Gasteiger charge is 2.23. The first-order chi connectivity index (χ1) is 12.3. The highest BCUT2D eigenvalue weighted by atomic mass is 79.9. The number of aromatic nitrogens is 1. The molecular weight excluding hydrogens is 400 g/mol. The maximum Gasteiger partial charge on any atom is 0.340 e. The molecule has 140 valence electrons. The van der Waals surface area contributed by atoms with Crippen LogP contribution in [0.15, 0.2) is 28.7 Å². The molecule has 7 heteroatoms. The molecule has 2 rings (SSSR count). The molecule has 0 saturated heterocycles. The maximum absolute atomic E-state index is 12.6. The number of nitrogens with one attached hydrogen (secondary N) is 2. The Hall–Kier alpha value is -2.12. The van der Waals surface area contributed by atoms with E-state index in [-0.39, 0.29) is 18.6 Å². The summed E-state index contributed by atoms with van der Waals surface area (Å²) in [7, 11) is 1.54. The highest BCUT2D eigenvalue weighted by molar-refractivity contribution is 9.10. The summed E-state index contributed by atoms with van der Waals surface area (Å²) in [6.45, 7) is 5.88. The average Bonchev–Trinajstić information content (AvgIpc) is 2.90. The van der Waals surface area contributed by atoms with Crippen LogP contribution in [0, 0.1) is 13.8 Å². The second-order valence-electron chi connectivity index (χ2n) is 6.00. The van der Waals surface area contributed by atoms with Gasteiger partial charge in [-0.25, -0.2) is 4.79 Å². The quantitative estimate of drug-likeness (QED) is 0.526. The molecule has 0 radical (unpaired) electrons. The third-order valence-corrected chi connectivity index (χ3v) is 4.64. The van der Waals surface area contributed by atoms with Crippen molar-refractivity contribution in [2.45, 2.75) is 26.8 Å². The molecule has 0 aliphatic rings. The van der Waals surface area contributed by atoms with Crippen LogP contribution in [0.5, 0.6) is 0 Å². The van der Waals surface area contributed by atoms with Crippen molar-refractivity contribution in [3.05, 3.63) is 56.8 Å². The van der Waals surface area contributed by atoms with Crippen molar-refractivity contribution in [1.82, 2.24) is 10.3 Å². The molecule has 26 heavy (non-hydrogen) atoms. The van der Waals surface area contributed by atoms with Gasteiger partial charge in [-0.1, -0.05) is 28.1 Å². The fourth-order valence-corrected chi connectivity index (χ4v) is 2.94. The second kappa shape index (κ2) is 9.00. The molecule has 1 unspecified atom stereocenters. The third kappa shape index (κ3) is 4.74. The molecule has 0 saturated carbocycles. The van der Waals surface area contributed by atoms with E-state index in [0.29, 0.717) is 29.1 Å². The van der Waals surface area contributed by atoms with Crippen LogP contribution in [0.1, 0.15) is 50.6 Å². The molecule has 0 fully saturated rings. The molecule has 1 aromatic carbocycles. The summed E-state index contributed by atoms with van der Waals surface area (Å²) in [6, 6.07) is 7.57. The van der Waals surface area contributed by atoms with Gasteiger partial charge in [-0.2, -0.15) is 0 Å². The minimum absolute atomic E-state index is 0.168. The van der Waals surface area contributed by atoms with Crippen molar-refractivity contribution in [1.29, 1.82) is 0 Å². The normalized spacial score (nSPS) is 11.9. The number of carbonyl (C=O) groups excluding carboxylic acids is 2. The van der Waals surface area contributed by atoms with E-state index in [1.807, 2.05) is 31.2 Å². The number of ether oxygens (including phenoxy) is 2. The summed E-state index contributed by atoms with van der Waals surface area (Å²) in [5.41, 5.74) is 2.92. The molecule has 0 spiro atoms. The smallest absolute Gasteiger partial charge is 0.340 e. The predicted molar refractivity (Wildman–Crippen MR) is 102 cm³/mol. The molecule has 6 nitrogen and oxygen atoms in total. The fourth-order valence-electron chi connectivity index (χ4n) is 2.68. The second-order valence-corrected chi connectivity index (χ2v) is 6.92. The van der Waals surface area contributed by atoms with E-state index >= 15 is 0 Å². The Bertz CT molecular complexity index is 784. The van der Waals surface area contributed by atoms with Crippen molar-refractivity contribution < 1.29 is 19.1 Å². The van der Waals surface area contributed by atoms with Gasteiger partial charge in [0.1, 0.15) is 12.3 Å². The summed E-state index contributed by atoms with van der Waals surface area (Å²) < 4.78 is 11.0. The van der Waals surface area contributed by atoms with E-state index < -0.39 is 5.97 Å².